The van der Waals surface area contributed by atoms with Crippen LogP contribution >= 0.6 is 11.6 Å². The summed E-state index contributed by atoms with van der Waals surface area (Å²) in [6, 6.07) is 13.5. The number of esters is 1. The quantitative estimate of drug-likeness (QED) is 0.110. The number of carbonyl (C=O) groups excluding carboxylic acids is 2. The van der Waals surface area contributed by atoms with Crippen LogP contribution in [0.2, 0.25) is 5.02 Å². The number of carbonyl (C=O) groups is 2. The van der Waals surface area contributed by atoms with E-state index in [9.17, 15) is 9.59 Å². The Bertz CT molecular complexity index is 866. The minimum absolute atomic E-state index is 0.111. The van der Waals surface area contributed by atoms with Crippen molar-refractivity contribution in [2.75, 3.05) is 0 Å². The lowest BCUT2D eigenvalue weighted by Crippen LogP contribution is -2.17. The molecule has 5 nitrogen and oxygen atoms in total. The SMILES string of the molecule is CCCCCCCCCCCC(=O)NN=Cc1ccccc1OC(=O)c1ccc(Cl)cc1. The number of ether oxygens (including phenoxy) is 1. The van der Waals surface area contributed by atoms with Crippen molar-refractivity contribution >= 4 is 29.7 Å². The maximum atomic E-state index is 12.3. The van der Waals surface area contributed by atoms with Crippen LogP contribution < -0.4 is 10.2 Å². The van der Waals surface area contributed by atoms with Crippen molar-refractivity contribution in [3.05, 3.63) is 64.7 Å². The number of hydrazone groups is 1. The lowest BCUT2D eigenvalue weighted by Gasteiger charge is -2.07. The van der Waals surface area contributed by atoms with E-state index in [4.69, 9.17) is 16.3 Å². The number of para-hydroxylation sites is 1. The summed E-state index contributed by atoms with van der Waals surface area (Å²) >= 11 is 5.86. The van der Waals surface area contributed by atoms with Crippen LogP contribution in [0.3, 0.4) is 0 Å². The zero-order valence-electron chi connectivity index (χ0n) is 18.8. The molecule has 0 aromatic heterocycles. The molecule has 2 aromatic carbocycles. The Labute approximate surface area is 196 Å². The minimum Gasteiger partial charge on any atom is -0.422 e. The number of hydrogen-bond acceptors (Lipinski definition) is 4. The molecule has 0 aliphatic rings. The first-order valence-corrected chi connectivity index (χ1v) is 11.9. The molecule has 0 atom stereocenters. The van der Waals surface area contributed by atoms with Gasteiger partial charge < -0.3 is 4.74 Å². The summed E-state index contributed by atoms with van der Waals surface area (Å²) in [6.07, 6.45) is 12.8. The van der Waals surface area contributed by atoms with Crippen LogP contribution in [0, 0.1) is 0 Å². The maximum Gasteiger partial charge on any atom is 0.343 e. The number of halogens is 1. The van der Waals surface area contributed by atoms with E-state index in [2.05, 4.69) is 17.5 Å². The Morgan fingerprint density at radius 3 is 2.22 bits per heavy atom. The number of amides is 1. The van der Waals surface area contributed by atoms with Gasteiger partial charge in [-0.3, -0.25) is 4.79 Å². The van der Waals surface area contributed by atoms with Gasteiger partial charge in [-0.15, -0.1) is 0 Å². The van der Waals surface area contributed by atoms with Crippen molar-refractivity contribution in [2.24, 2.45) is 5.10 Å². The fourth-order valence-corrected chi connectivity index (χ4v) is 3.38. The first-order chi connectivity index (χ1) is 15.6. The Kier molecular flexibility index (Phi) is 12.2. The van der Waals surface area contributed by atoms with E-state index in [1.54, 1.807) is 42.5 Å². The lowest BCUT2D eigenvalue weighted by molar-refractivity contribution is -0.121. The van der Waals surface area contributed by atoms with Crippen LogP contribution in [-0.2, 0) is 4.79 Å². The van der Waals surface area contributed by atoms with Gasteiger partial charge in [0.25, 0.3) is 0 Å². The van der Waals surface area contributed by atoms with Crippen molar-refractivity contribution in [3.63, 3.8) is 0 Å². The molecular weight excluding hydrogens is 424 g/mol. The van der Waals surface area contributed by atoms with E-state index in [1.807, 2.05) is 6.07 Å². The molecule has 6 heteroatoms. The van der Waals surface area contributed by atoms with E-state index in [-0.39, 0.29) is 5.91 Å². The van der Waals surface area contributed by atoms with E-state index in [0.29, 0.717) is 28.3 Å². The summed E-state index contributed by atoms with van der Waals surface area (Å²) in [4.78, 5) is 24.3. The van der Waals surface area contributed by atoms with Crippen LogP contribution in [0.5, 0.6) is 5.75 Å². The largest absolute Gasteiger partial charge is 0.422 e. The van der Waals surface area contributed by atoms with E-state index in [1.165, 1.54) is 51.2 Å². The molecule has 0 saturated heterocycles. The molecular formula is C26H33ClN2O3. The molecule has 172 valence electrons. The van der Waals surface area contributed by atoms with Gasteiger partial charge in [0.2, 0.25) is 5.91 Å². The minimum atomic E-state index is -0.489. The Morgan fingerprint density at radius 2 is 1.53 bits per heavy atom. The molecule has 1 N–H and O–H groups in total. The molecule has 32 heavy (non-hydrogen) atoms. The van der Waals surface area contributed by atoms with Gasteiger partial charge in [-0.05, 0) is 42.8 Å². The number of benzene rings is 2. The highest BCUT2D eigenvalue weighted by Gasteiger charge is 2.11. The molecule has 0 bridgehead atoms. The molecule has 2 aromatic rings. The zero-order chi connectivity index (χ0) is 23.0. The monoisotopic (exact) mass is 456 g/mol. The normalized spacial score (nSPS) is 10.9. The van der Waals surface area contributed by atoms with Crippen LogP contribution in [0.25, 0.3) is 0 Å². The first kappa shape index (κ1) is 25.6. The second-order valence-electron chi connectivity index (χ2n) is 7.81. The van der Waals surface area contributed by atoms with Gasteiger partial charge in [0, 0.05) is 17.0 Å². The van der Waals surface area contributed by atoms with Gasteiger partial charge in [-0.1, -0.05) is 82.0 Å². The van der Waals surface area contributed by atoms with Gasteiger partial charge in [0.15, 0.2) is 0 Å². The number of hydrogen-bond donors (Lipinski definition) is 1. The van der Waals surface area contributed by atoms with E-state index < -0.39 is 5.97 Å². The van der Waals surface area contributed by atoms with Crippen LogP contribution in [0.4, 0.5) is 0 Å². The lowest BCUT2D eigenvalue weighted by atomic mass is 10.1. The molecule has 0 aliphatic carbocycles. The van der Waals surface area contributed by atoms with Crippen molar-refractivity contribution < 1.29 is 14.3 Å². The molecule has 0 spiro atoms. The third kappa shape index (κ3) is 10.1. The molecule has 0 radical (unpaired) electrons. The molecule has 0 heterocycles. The fraction of sp³-hybridized carbons (Fsp3) is 0.423. The summed E-state index contributed by atoms with van der Waals surface area (Å²) in [6.45, 7) is 2.23. The average Bonchev–Trinajstić information content (AvgIpc) is 2.79. The third-order valence-electron chi connectivity index (χ3n) is 5.10. The highest BCUT2D eigenvalue weighted by Crippen LogP contribution is 2.18. The van der Waals surface area contributed by atoms with Gasteiger partial charge in [-0.25, -0.2) is 10.2 Å². The molecule has 0 saturated carbocycles. The fourth-order valence-electron chi connectivity index (χ4n) is 3.25. The second kappa shape index (κ2) is 15.2. The van der Waals surface area contributed by atoms with Gasteiger partial charge in [0.05, 0.1) is 11.8 Å². The highest BCUT2D eigenvalue weighted by atomic mass is 35.5. The van der Waals surface area contributed by atoms with Crippen molar-refractivity contribution in [2.45, 2.75) is 71.1 Å². The highest BCUT2D eigenvalue weighted by molar-refractivity contribution is 6.30. The first-order valence-electron chi connectivity index (χ1n) is 11.5. The smallest absolute Gasteiger partial charge is 0.343 e. The summed E-state index contributed by atoms with van der Waals surface area (Å²) in [5, 5.41) is 4.57. The number of nitrogens with one attached hydrogen (secondary N) is 1. The molecule has 0 fully saturated rings. The van der Waals surface area contributed by atoms with Gasteiger partial charge >= 0.3 is 5.97 Å². The van der Waals surface area contributed by atoms with E-state index >= 15 is 0 Å². The summed E-state index contributed by atoms with van der Waals surface area (Å²) < 4.78 is 5.48. The van der Waals surface area contributed by atoms with Crippen LogP contribution in [0.1, 0.15) is 87.1 Å². The predicted octanol–water partition coefficient (Wildman–Crippen LogP) is 6.93. The summed E-state index contributed by atoms with van der Waals surface area (Å²) in [5.74, 6) is -0.235. The number of nitrogens with zero attached hydrogens (tertiary/aromatic N) is 1. The molecule has 0 aliphatic heterocycles. The predicted molar refractivity (Wildman–Crippen MR) is 130 cm³/mol. The Hall–Kier alpha value is -2.66. The summed E-state index contributed by atoms with van der Waals surface area (Å²) in [5.41, 5.74) is 3.54. The maximum absolute atomic E-state index is 12.3. The zero-order valence-corrected chi connectivity index (χ0v) is 19.6. The van der Waals surface area contributed by atoms with Gasteiger partial charge in [0.1, 0.15) is 5.75 Å². The van der Waals surface area contributed by atoms with E-state index in [0.717, 1.165) is 12.8 Å². The Morgan fingerprint density at radius 1 is 0.906 bits per heavy atom. The number of unbranched alkanes of at least 4 members (excludes halogenated alkanes) is 8. The third-order valence-corrected chi connectivity index (χ3v) is 5.35. The second-order valence-corrected chi connectivity index (χ2v) is 8.24. The van der Waals surface area contributed by atoms with Crippen molar-refractivity contribution in [1.29, 1.82) is 0 Å². The Balaban J connectivity index is 1.71. The summed E-state index contributed by atoms with van der Waals surface area (Å²) in [7, 11) is 0. The van der Waals surface area contributed by atoms with Crippen LogP contribution in [-0.4, -0.2) is 18.1 Å². The standard InChI is InChI=1S/C26H33ClN2O3/c1-2-3-4-5-6-7-8-9-10-15-25(30)29-28-20-22-13-11-12-14-24(22)32-26(31)21-16-18-23(27)19-17-21/h11-14,16-20H,2-10,15H2,1H3,(H,29,30). The molecule has 2 rings (SSSR count). The van der Waals surface area contributed by atoms with Crippen molar-refractivity contribution in [1.82, 2.24) is 5.43 Å². The van der Waals surface area contributed by atoms with Gasteiger partial charge in [-0.2, -0.15) is 5.10 Å². The molecule has 0 unspecified atom stereocenters. The molecule has 1 amide bonds. The average molecular weight is 457 g/mol. The van der Waals surface area contributed by atoms with Crippen LogP contribution in [0.15, 0.2) is 53.6 Å². The van der Waals surface area contributed by atoms with Crippen molar-refractivity contribution in [3.8, 4) is 5.75 Å². The number of rotatable bonds is 14. The topological polar surface area (TPSA) is 67.8 Å².